The SMILES string of the molecule is C=CCNC(=NCC(=O)N(C)C)NCCc1ccccc1OC.I. The van der Waals surface area contributed by atoms with Crippen molar-refractivity contribution in [2.24, 2.45) is 4.99 Å². The maximum atomic E-state index is 11.6. The number of halogens is 1. The second kappa shape index (κ2) is 12.6. The number of benzene rings is 1. The quantitative estimate of drug-likeness (QED) is 0.276. The highest BCUT2D eigenvalue weighted by Gasteiger charge is 2.05. The van der Waals surface area contributed by atoms with E-state index in [2.05, 4.69) is 22.2 Å². The first-order valence-electron chi connectivity index (χ1n) is 7.53. The molecular weight excluding hydrogens is 419 g/mol. The van der Waals surface area contributed by atoms with Gasteiger partial charge in [-0.1, -0.05) is 24.3 Å². The molecule has 0 aliphatic carbocycles. The number of carbonyl (C=O) groups excluding carboxylic acids is 1. The van der Waals surface area contributed by atoms with Crippen molar-refractivity contribution in [1.82, 2.24) is 15.5 Å². The fourth-order valence-electron chi connectivity index (χ4n) is 1.86. The molecule has 0 spiro atoms. The minimum absolute atomic E-state index is 0. The van der Waals surface area contributed by atoms with Crippen LogP contribution >= 0.6 is 24.0 Å². The summed E-state index contributed by atoms with van der Waals surface area (Å²) in [6, 6.07) is 7.90. The van der Waals surface area contributed by atoms with E-state index in [1.165, 1.54) is 4.90 Å². The zero-order chi connectivity index (χ0) is 17.1. The van der Waals surface area contributed by atoms with Crippen molar-refractivity contribution >= 4 is 35.8 Å². The molecule has 134 valence electrons. The van der Waals surface area contributed by atoms with Crippen molar-refractivity contribution in [3.05, 3.63) is 42.5 Å². The van der Waals surface area contributed by atoms with Gasteiger partial charge in [-0.15, -0.1) is 30.6 Å². The van der Waals surface area contributed by atoms with Gasteiger partial charge in [-0.3, -0.25) is 4.79 Å². The van der Waals surface area contributed by atoms with Gasteiger partial charge in [0.25, 0.3) is 0 Å². The van der Waals surface area contributed by atoms with Crippen LogP contribution in [0.2, 0.25) is 0 Å². The van der Waals surface area contributed by atoms with Crippen molar-refractivity contribution in [2.45, 2.75) is 6.42 Å². The minimum atomic E-state index is -0.0468. The normalized spacial score (nSPS) is 10.4. The summed E-state index contributed by atoms with van der Waals surface area (Å²) in [4.78, 5) is 17.4. The maximum absolute atomic E-state index is 11.6. The second-order valence-electron chi connectivity index (χ2n) is 5.11. The summed E-state index contributed by atoms with van der Waals surface area (Å²) in [5.74, 6) is 1.42. The lowest BCUT2D eigenvalue weighted by atomic mass is 10.1. The number of nitrogens with zero attached hydrogens (tertiary/aromatic N) is 2. The van der Waals surface area contributed by atoms with E-state index < -0.39 is 0 Å². The van der Waals surface area contributed by atoms with Gasteiger partial charge in [0.05, 0.1) is 7.11 Å². The van der Waals surface area contributed by atoms with Gasteiger partial charge in [-0.2, -0.15) is 0 Å². The van der Waals surface area contributed by atoms with E-state index in [0.717, 1.165) is 17.7 Å². The smallest absolute Gasteiger partial charge is 0.243 e. The van der Waals surface area contributed by atoms with Crippen LogP contribution < -0.4 is 15.4 Å². The maximum Gasteiger partial charge on any atom is 0.243 e. The molecule has 0 aliphatic heterocycles. The first-order valence-corrected chi connectivity index (χ1v) is 7.53. The van der Waals surface area contributed by atoms with Crippen molar-refractivity contribution in [2.75, 3.05) is 40.8 Å². The highest BCUT2D eigenvalue weighted by molar-refractivity contribution is 14.0. The molecule has 0 unspecified atom stereocenters. The lowest BCUT2D eigenvalue weighted by Crippen LogP contribution is -2.39. The molecule has 7 heteroatoms. The minimum Gasteiger partial charge on any atom is -0.496 e. The Morgan fingerprint density at radius 1 is 1.33 bits per heavy atom. The molecule has 1 rings (SSSR count). The van der Waals surface area contributed by atoms with Crippen LogP contribution in [-0.4, -0.2) is 57.6 Å². The van der Waals surface area contributed by atoms with Crippen molar-refractivity contribution in [1.29, 1.82) is 0 Å². The van der Waals surface area contributed by atoms with Gasteiger partial charge in [0.1, 0.15) is 12.3 Å². The Bertz CT molecular complexity index is 547. The highest BCUT2D eigenvalue weighted by Crippen LogP contribution is 2.17. The topological polar surface area (TPSA) is 66.0 Å². The van der Waals surface area contributed by atoms with Crippen LogP contribution in [-0.2, 0) is 11.2 Å². The summed E-state index contributed by atoms with van der Waals surface area (Å²) in [7, 11) is 5.09. The van der Waals surface area contributed by atoms with Crippen LogP contribution in [0.25, 0.3) is 0 Å². The summed E-state index contributed by atoms with van der Waals surface area (Å²) in [5, 5.41) is 6.31. The van der Waals surface area contributed by atoms with E-state index in [-0.39, 0.29) is 36.4 Å². The average molecular weight is 446 g/mol. The standard InChI is InChI=1S/C17H26N4O2.HI/c1-5-11-18-17(20-13-16(22)21(2)3)19-12-10-14-8-6-7-9-15(14)23-4;/h5-9H,1,10-13H2,2-4H3,(H2,18,19,20);1H. The zero-order valence-corrected chi connectivity index (χ0v) is 16.9. The molecule has 2 N–H and O–H groups in total. The first kappa shape index (κ1) is 22.2. The van der Waals surface area contributed by atoms with Gasteiger partial charge in [0.2, 0.25) is 5.91 Å². The van der Waals surface area contributed by atoms with E-state index >= 15 is 0 Å². The molecule has 1 amide bonds. The van der Waals surface area contributed by atoms with E-state index in [1.807, 2.05) is 24.3 Å². The third kappa shape index (κ3) is 8.19. The predicted molar refractivity (Wildman–Crippen MR) is 109 cm³/mol. The number of methoxy groups -OCH3 is 1. The van der Waals surface area contributed by atoms with Crippen molar-refractivity contribution in [3.63, 3.8) is 0 Å². The van der Waals surface area contributed by atoms with Gasteiger partial charge in [0, 0.05) is 27.2 Å². The number of aliphatic imine (C=N–C) groups is 1. The van der Waals surface area contributed by atoms with Gasteiger partial charge in [-0.25, -0.2) is 4.99 Å². The lowest BCUT2D eigenvalue weighted by Gasteiger charge is -2.13. The van der Waals surface area contributed by atoms with Crippen LogP contribution in [0, 0.1) is 0 Å². The molecule has 1 aromatic rings. The number of hydrogen-bond donors (Lipinski definition) is 2. The van der Waals surface area contributed by atoms with E-state index in [9.17, 15) is 4.79 Å². The highest BCUT2D eigenvalue weighted by atomic mass is 127. The van der Waals surface area contributed by atoms with Crippen LogP contribution in [0.1, 0.15) is 5.56 Å². The summed E-state index contributed by atoms with van der Waals surface area (Å²) < 4.78 is 5.34. The Morgan fingerprint density at radius 2 is 2.04 bits per heavy atom. The summed E-state index contributed by atoms with van der Waals surface area (Å²) >= 11 is 0. The van der Waals surface area contributed by atoms with Crippen LogP contribution in [0.4, 0.5) is 0 Å². The molecule has 0 saturated carbocycles. The van der Waals surface area contributed by atoms with Crippen LogP contribution in [0.15, 0.2) is 41.9 Å². The van der Waals surface area contributed by atoms with Gasteiger partial charge >= 0.3 is 0 Å². The summed E-state index contributed by atoms with van der Waals surface area (Å²) in [6.07, 6.45) is 2.53. The zero-order valence-electron chi connectivity index (χ0n) is 14.5. The monoisotopic (exact) mass is 446 g/mol. The third-order valence-corrected chi connectivity index (χ3v) is 3.16. The molecule has 0 atom stereocenters. The Balaban J connectivity index is 0.00000529. The number of amides is 1. The molecule has 0 aliphatic rings. The number of guanidine groups is 1. The first-order chi connectivity index (χ1) is 11.1. The molecule has 0 radical (unpaired) electrons. The lowest BCUT2D eigenvalue weighted by molar-refractivity contribution is -0.127. The molecule has 0 saturated heterocycles. The molecule has 0 bridgehead atoms. The summed E-state index contributed by atoms with van der Waals surface area (Å²) in [5.41, 5.74) is 1.12. The molecule has 0 fully saturated rings. The predicted octanol–water partition coefficient (Wildman–Crippen LogP) is 1.67. The van der Waals surface area contributed by atoms with E-state index in [1.54, 1.807) is 27.3 Å². The van der Waals surface area contributed by atoms with Crippen LogP contribution in [0.5, 0.6) is 5.75 Å². The number of hydrogen-bond acceptors (Lipinski definition) is 3. The fraction of sp³-hybridized carbons (Fsp3) is 0.412. The molecular formula is C17H27IN4O2. The molecule has 1 aromatic carbocycles. The summed E-state index contributed by atoms with van der Waals surface area (Å²) in [6.45, 7) is 5.04. The molecule has 6 nitrogen and oxygen atoms in total. The number of para-hydroxylation sites is 1. The second-order valence-corrected chi connectivity index (χ2v) is 5.11. The van der Waals surface area contributed by atoms with Gasteiger partial charge < -0.3 is 20.3 Å². The van der Waals surface area contributed by atoms with Gasteiger partial charge in [0.15, 0.2) is 5.96 Å². The Morgan fingerprint density at radius 3 is 2.67 bits per heavy atom. The largest absolute Gasteiger partial charge is 0.496 e. The average Bonchev–Trinajstić information content (AvgIpc) is 2.56. The number of likely N-dealkylation sites (N-methyl/N-ethyl adjacent to an activating group) is 1. The Labute approximate surface area is 161 Å². The number of carbonyl (C=O) groups is 1. The van der Waals surface area contributed by atoms with Crippen LogP contribution in [0.3, 0.4) is 0 Å². The third-order valence-electron chi connectivity index (χ3n) is 3.16. The van der Waals surface area contributed by atoms with Gasteiger partial charge in [-0.05, 0) is 18.1 Å². The number of ether oxygens (including phenoxy) is 1. The molecule has 0 heterocycles. The number of nitrogens with one attached hydrogen (secondary N) is 2. The Hall–Kier alpha value is -1.77. The molecule has 24 heavy (non-hydrogen) atoms. The fourth-order valence-corrected chi connectivity index (χ4v) is 1.86. The van der Waals surface area contributed by atoms with E-state index in [0.29, 0.717) is 19.0 Å². The number of rotatable bonds is 8. The van der Waals surface area contributed by atoms with E-state index in [4.69, 9.17) is 4.74 Å². The molecule has 0 aromatic heterocycles. The Kier molecular flexibility index (Phi) is 11.7. The van der Waals surface area contributed by atoms with Crippen molar-refractivity contribution in [3.8, 4) is 5.75 Å². The van der Waals surface area contributed by atoms with Crippen molar-refractivity contribution < 1.29 is 9.53 Å².